The van der Waals surface area contributed by atoms with Crippen molar-refractivity contribution in [3.05, 3.63) is 84.5 Å². The number of carbonyl (C=O) groups excluding carboxylic acids is 1. The fourth-order valence-electron chi connectivity index (χ4n) is 8.67. The average molecular weight is 749 g/mol. The van der Waals surface area contributed by atoms with Crippen molar-refractivity contribution in [1.29, 1.82) is 0 Å². The Morgan fingerprint density at radius 2 is 1.20 bits per heavy atom. The second-order valence-corrected chi connectivity index (χ2v) is 16.5. The summed E-state index contributed by atoms with van der Waals surface area (Å²) >= 11 is 0. The summed E-state index contributed by atoms with van der Waals surface area (Å²) in [6.45, 7) is 7.92. The summed E-state index contributed by atoms with van der Waals surface area (Å²) in [4.78, 5) is 13.0. The topological polar surface area (TPSA) is 146 Å². The molecule has 4 aliphatic rings. The number of fused-ring (bicyclic) bond motifs is 2. The Bertz CT molecular complexity index is 1500. The van der Waals surface area contributed by atoms with E-state index >= 15 is 0 Å². The first kappa shape index (κ1) is 42.3. The van der Waals surface area contributed by atoms with E-state index in [9.17, 15) is 30.3 Å². The molecule has 2 aromatic carbocycles. The number of hydrogen-bond donors (Lipinski definition) is 5. The molecule has 9 nitrogen and oxygen atoms in total. The van der Waals surface area contributed by atoms with E-state index in [4.69, 9.17) is 14.2 Å². The van der Waals surface area contributed by atoms with E-state index in [1.807, 2.05) is 80.6 Å². The molecule has 4 fully saturated rings. The van der Waals surface area contributed by atoms with Gasteiger partial charge in [0.2, 0.25) is 0 Å². The first-order valence-corrected chi connectivity index (χ1v) is 20.3. The molecule has 2 saturated heterocycles. The highest BCUT2D eigenvalue weighted by Crippen LogP contribution is 2.46. The highest BCUT2D eigenvalue weighted by atomic mass is 16.6. The Hall–Kier alpha value is -2.89. The van der Waals surface area contributed by atoms with Gasteiger partial charge in [-0.3, -0.25) is 0 Å². The van der Waals surface area contributed by atoms with Crippen LogP contribution in [0.15, 0.2) is 78.9 Å². The number of carbonyl (C=O) groups is 1. The molecule has 9 heteroatoms. The van der Waals surface area contributed by atoms with Gasteiger partial charge in [-0.15, -0.1) is 0 Å². The van der Waals surface area contributed by atoms with Crippen molar-refractivity contribution in [3.63, 3.8) is 0 Å². The Morgan fingerprint density at radius 1 is 0.704 bits per heavy atom. The molecule has 0 spiro atoms. The molecule has 5 N–H and O–H groups in total. The number of hydrogen-bond acceptors (Lipinski definition) is 9. The Morgan fingerprint density at radius 3 is 1.76 bits per heavy atom. The van der Waals surface area contributed by atoms with Crippen LogP contribution in [0.25, 0.3) is 11.1 Å². The largest absolute Gasteiger partial charge is 0.458 e. The minimum atomic E-state index is -0.910. The number of benzene rings is 2. The van der Waals surface area contributed by atoms with Crippen molar-refractivity contribution in [2.24, 2.45) is 23.7 Å². The van der Waals surface area contributed by atoms with Gasteiger partial charge in [-0.05, 0) is 61.8 Å². The summed E-state index contributed by atoms with van der Waals surface area (Å²) in [6, 6.07) is 17.5. The molecule has 4 unspecified atom stereocenters. The summed E-state index contributed by atoms with van der Waals surface area (Å²) in [5.74, 6) is -0.251. The number of rotatable bonds is 15. The van der Waals surface area contributed by atoms with Gasteiger partial charge >= 0.3 is 5.97 Å². The van der Waals surface area contributed by atoms with Gasteiger partial charge in [0.15, 0.2) is 12.6 Å². The normalized spacial score (nSPS) is 32.5. The molecule has 2 saturated carbocycles. The van der Waals surface area contributed by atoms with Crippen molar-refractivity contribution in [1.82, 2.24) is 0 Å². The Kier molecular flexibility index (Phi) is 15.1. The van der Waals surface area contributed by atoms with Gasteiger partial charge in [0, 0.05) is 37.5 Å². The van der Waals surface area contributed by atoms with Crippen molar-refractivity contribution in [3.8, 4) is 11.1 Å². The lowest BCUT2D eigenvalue weighted by atomic mass is 9.89. The minimum Gasteiger partial charge on any atom is -0.458 e. The summed E-state index contributed by atoms with van der Waals surface area (Å²) < 4.78 is 17.0. The highest BCUT2D eigenvalue weighted by molar-refractivity contribution is 5.90. The monoisotopic (exact) mass is 748 g/mol. The van der Waals surface area contributed by atoms with E-state index < -0.39 is 29.9 Å². The standard InChI is InChI=1S/C29H36O5.C16H28O4/c1-3-4-8-16-29(2,32)17-15-23-24-18-27(30)33-26(24)19-25(23)34-28(31)22-13-11-21(12-14-22)20-9-6-5-7-10-20;1-3-4-5-7-16(2,19)8-6-11-12-9-15(18)20-14(12)10-13(11)17/h5-7,9-15,17,23-27,30,32H,3-4,8,16,18-19H2,1-2H3;6,8,11-15,17-19H,3-5,7,9-10H2,1-2H3/b17-15+;8-6+/t23-,24-,25-,26+,27?,29?;11-,12-,13-,14+,15?,16?/m11/s1. The van der Waals surface area contributed by atoms with Crippen molar-refractivity contribution in [2.45, 2.75) is 153 Å². The molecule has 0 bridgehead atoms. The van der Waals surface area contributed by atoms with Gasteiger partial charge in [-0.1, -0.05) is 119 Å². The predicted molar refractivity (Wildman–Crippen MR) is 209 cm³/mol. The van der Waals surface area contributed by atoms with Crippen LogP contribution in [0.2, 0.25) is 0 Å². The van der Waals surface area contributed by atoms with Gasteiger partial charge in [0.1, 0.15) is 6.10 Å². The van der Waals surface area contributed by atoms with E-state index in [0.29, 0.717) is 37.7 Å². The zero-order valence-corrected chi connectivity index (χ0v) is 32.6. The third-order valence-corrected chi connectivity index (χ3v) is 11.8. The number of aliphatic hydroxyl groups is 5. The van der Waals surface area contributed by atoms with Crippen LogP contribution in [-0.2, 0) is 14.2 Å². The quantitative estimate of drug-likeness (QED) is 0.0711. The maximum Gasteiger partial charge on any atom is 0.338 e. The molecule has 12 atom stereocenters. The third-order valence-electron chi connectivity index (χ3n) is 11.8. The smallest absolute Gasteiger partial charge is 0.338 e. The molecular weight excluding hydrogens is 684 g/mol. The van der Waals surface area contributed by atoms with Gasteiger partial charge in [0.05, 0.1) is 35.1 Å². The molecule has 298 valence electrons. The maximum absolute atomic E-state index is 13.0. The number of aliphatic hydroxyl groups excluding tert-OH is 3. The molecule has 0 radical (unpaired) electrons. The maximum atomic E-state index is 13.0. The summed E-state index contributed by atoms with van der Waals surface area (Å²) in [7, 11) is 0. The lowest BCUT2D eigenvalue weighted by Crippen LogP contribution is -2.27. The fourth-order valence-corrected chi connectivity index (χ4v) is 8.67. The summed E-state index contributed by atoms with van der Waals surface area (Å²) in [5, 5.41) is 50.7. The van der Waals surface area contributed by atoms with Crippen LogP contribution in [0.5, 0.6) is 0 Å². The van der Waals surface area contributed by atoms with Crippen LogP contribution < -0.4 is 0 Å². The Balaban J connectivity index is 0.000000239. The second kappa shape index (κ2) is 19.3. The molecule has 0 amide bonds. The van der Waals surface area contributed by atoms with Crippen molar-refractivity contribution < 1.29 is 44.5 Å². The minimum absolute atomic E-state index is 0.0187. The van der Waals surface area contributed by atoms with Crippen LogP contribution in [0.4, 0.5) is 0 Å². The fraction of sp³-hybridized carbons (Fsp3) is 0.622. The van der Waals surface area contributed by atoms with Gasteiger partial charge in [-0.25, -0.2) is 4.79 Å². The van der Waals surface area contributed by atoms with Crippen molar-refractivity contribution >= 4 is 5.97 Å². The lowest BCUT2D eigenvalue weighted by molar-refractivity contribution is -0.0959. The SMILES string of the molecule is CCCCCC(C)(O)/C=C/[C@@H]1[C@H]2CC(O)O[C@H]2C[C@H]1O.CCCCCC(C)(O)/C=C/[C@@H]1[C@H]2CC(O)O[C@H]2C[C@H]1OC(=O)c1ccc(-c2ccccc2)cc1. The van der Waals surface area contributed by atoms with Crippen LogP contribution in [-0.4, -0.2) is 79.7 Å². The number of unbranched alkanes of at least 4 members (excludes halogenated alkanes) is 4. The van der Waals surface area contributed by atoms with E-state index in [1.54, 1.807) is 12.1 Å². The third kappa shape index (κ3) is 11.6. The van der Waals surface area contributed by atoms with Gasteiger partial charge in [0.25, 0.3) is 0 Å². The number of ether oxygens (including phenoxy) is 3. The number of esters is 1. The average Bonchev–Trinajstić information content (AvgIpc) is 3.85. The summed E-state index contributed by atoms with van der Waals surface area (Å²) in [6.07, 6.45) is 15.2. The molecule has 54 heavy (non-hydrogen) atoms. The lowest BCUT2D eigenvalue weighted by Gasteiger charge is -2.24. The van der Waals surface area contributed by atoms with Crippen LogP contribution >= 0.6 is 0 Å². The van der Waals surface area contributed by atoms with Crippen molar-refractivity contribution in [2.75, 3.05) is 0 Å². The van der Waals surface area contributed by atoms with E-state index in [2.05, 4.69) is 13.8 Å². The van der Waals surface area contributed by atoms with Gasteiger partial charge < -0.3 is 39.7 Å². The first-order chi connectivity index (χ1) is 25.8. The van der Waals surface area contributed by atoms with E-state index in [1.165, 1.54) is 0 Å². The van der Waals surface area contributed by atoms with E-state index in [-0.39, 0.29) is 48.0 Å². The highest BCUT2D eigenvalue weighted by Gasteiger charge is 2.50. The van der Waals surface area contributed by atoms with Gasteiger partial charge in [-0.2, -0.15) is 0 Å². The first-order valence-electron chi connectivity index (χ1n) is 20.3. The molecule has 2 aliphatic heterocycles. The van der Waals surface area contributed by atoms with Crippen LogP contribution in [0.3, 0.4) is 0 Å². The van der Waals surface area contributed by atoms with E-state index in [0.717, 1.165) is 56.1 Å². The second-order valence-electron chi connectivity index (χ2n) is 16.5. The zero-order valence-electron chi connectivity index (χ0n) is 32.6. The molecule has 6 rings (SSSR count). The van der Waals surface area contributed by atoms with Crippen LogP contribution in [0.1, 0.15) is 115 Å². The molecule has 2 heterocycles. The summed E-state index contributed by atoms with van der Waals surface area (Å²) in [5.41, 5.74) is 0.920. The predicted octanol–water partition coefficient (Wildman–Crippen LogP) is 7.49. The Labute approximate surface area is 322 Å². The molecule has 2 aromatic rings. The molecular formula is C45H64O9. The zero-order chi connectivity index (χ0) is 38.9. The van der Waals surface area contributed by atoms with Crippen LogP contribution in [0, 0.1) is 23.7 Å². The molecule has 2 aliphatic carbocycles. The molecule has 0 aromatic heterocycles.